The number of amides is 1. The number of carbonyl (C=O) groups excluding carboxylic acids is 1. The third-order valence-corrected chi connectivity index (χ3v) is 6.40. The predicted molar refractivity (Wildman–Crippen MR) is 108 cm³/mol. The number of fused-ring (bicyclic) bond motifs is 1. The van der Waals surface area contributed by atoms with Gasteiger partial charge in [0.1, 0.15) is 0 Å². The molecule has 6 heteroatoms. The van der Waals surface area contributed by atoms with E-state index in [1.807, 2.05) is 15.6 Å². The van der Waals surface area contributed by atoms with Crippen molar-refractivity contribution in [3.63, 3.8) is 0 Å². The van der Waals surface area contributed by atoms with Crippen molar-refractivity contribution in [3.05, 3.63) is 53.3 Å². The van der Waals surface area contributed by atoms with Crippen LogP contribution in [0.25, 0.3) is 0 Å². The van der Waals surface area contributed by atoms with Gasteiger partial charge in [0.2, 0.25) is 0 Å². The van der Waals surface area contributed by atoms with Gasteiger partial charge in [0, 0.05) is 38.8 Å². The lowest BCUT2D eigenvalue weighted by Gasteiger charge is -2.46. The molecule has 6 nitrogen and oxygen atoms in total. The highest BCUT2D eigenvalue weighted by molar-refractivity contribution is 5.93. The molecule has 4 heterocycles. The van der Waals surface area contributed by atoms with Gasteiger partial charge in [-0.2, -0.15) is 5.10 Å². The van der Waals surface area contributed by atoms with E-state index < -0.39 is 0 Å². The Hall–Kier alpha value is -2.18. The van der Waals surface area contributed by atoms with E-state index in [1.165, 1.54) is 37.9 Å². The standard InChI is InChI=1S/C22H29N5O/c28-22(26-16-20(17-26)25-9-5-2-6-10-25)21-13-19-15-24(11-12-27(19)23-21)14-18-7-3-1-4-8-18/h1,3-4,7-8,13,20H,2,5-6,9-12,14-17H2. The molecule has 0 unspecified atom stereocenters. The van der Waals surface area contributed by atoms with Gasteiger partial charge in [0.25, 0.3) is 5.91 Å². The molecule has 5 rings (SSSR count). The highest BCUT2D eigenvalue weighted by atomic mass is 16.2. The summed E-state index contributed by atoms with van der Waals surface area (Å²) in [4.78, 5) is 19.8. The lowest BCUT2D eigenvalue weighted by atomic mass is 10.0. The summed E-state index contributed by atoms with van der Waals surface area (Å²) in [7, 11) is 0. The molecule has 148 valence electrons. The van der Waals surface area contributed by atoms with Crippen molar-refractivity contribution in [3.8, 4) is 0 Å². The molecular weight excluding hydrogens is 350 g/mol. The molecule has 0 N–H and O–H groups in total. The molecule has 2 aromatic rings. The van der Waals surface area contributed by atoms with Crippen molar-refractivity contribution < 1.29 is 4.79 Å². The Balaban J connectivity index is 1.19. The van der Waals surface area contributed by atoms with Crippen molar-refractivity contribution in [2.45, 2.75) is 44.9 Å². The molecule has 0 radical (unpaired) electrons. The predicted octanol–water partition coefficient (Wildman–Crippen LogP) is 2.21. The molecule has 1 aromatic heterocycles. The fraction of sp³-hybridized carbons (Fsp3) is 0.545. The molecule has 0 saturated carbocycles. The topological polar surface area (TPSA) is 44.6 Å². The van der Waals surface area contributed by atoms with Crippen LogP contribution in [0.15, 0.2) is 36.4 Å². The summed E-state index contributed by atoms with van der Waals surface area (Å²) >= 11 is 0. The molecule has 1 amide bonds. The molecule has 3 aliphatic heterocycles. The van der Waals surface area contributed by atoms with E-state index >= 15 is 0 Å². The smallest absolute Gasteiger partial charge is 0.274 e. The summed E-state index contributed by atoms with van der Waals surface area (Å²) < 4.78 is 2.02. The van der Waals surface area contributed by atoms with Gasteiger partial charge in [0.15, 0.2) is 5.69 Å². The maximum atomic E-state index is 12.9. The average molecular weight is 380 g/mol. The third kappa shape index (κ3) is 3.59. The van der Waals surface area contributed by atoms with Gasteiger partial charge in [-0.3, -0.25) is 19.3 Å². The highest BCUT2D eigenvalue weighted by Crippen LogP contribution is 2.23. The fourth-order valence-electron chi connectivity index (χ4n) is 4.70. The van der Waals surface area contributed by atoms with Crippen LogP contribution in [0.5, 0.6) is 0 Å². The molecule has 3 aliphatic rings. The Kier molecular flexibility index (Phi) is 4.91. The zero-order chi connectivity index (χ0) is 18.9. The van der Waals surface area contributed by atoms with E-state index in [4.69, 9.17) is 0 Å². The van der Waals surface area contributed by atoms with Gasteiger partial charge >= 0.3 is 0 Å². The number of piperidine rings is 1. The zero-order valence-electron chi connectivity index (χ0n) is 16.5. The maximum absolute atomic E-state index is 12.9. The second-order valence-corrected chi connectivity index (χ2v) is 8.40. The minimum atomic E-state index is 0.102. The van der Waals surface area contributed by atoms with Crippen LogP contribution in [-0.4, -0.2) is 69.2 Å². The Labute approximate surface area is 166 Å². The van der Waals surface area contributed by atoms with Crippen LogP contribution in [0.1, 0.15) is 41.0 Å². The van der Waals surface area contributed by atoms with Gasteiger partial charge in [0.05, 0.1) is 12.2 Å². The first-order chi connectivity index (χ1) is 13.8. The molecule has 0 bridgehead atoms. The second-order valence-electron chi connectivity index (χ2n) is 8.40. The number of likely N-dealkylation sites (tertiary alicyclic amines) is 2. The van der Waals surface area contributed by atoms with E-state index in [0.29, 0.717) is 11.7 Å². The number of benzene rings is 1. The van der Waals surface area contributed by atoms with Crippen molar-refractivity contribution in [1.82, 2.24) is 24.5 Å². The molecule has 2 saturated heterocycles. The minimum Gasteiger partial charge on any atom is -0.334 e. The number of hydrogen-bond donors (Lipinski definition) is 0. The van der Waals surface area contributed by atoms with E-state index in [0.717, 1.165) is 45.0 Å². The first kappa shape index (κ1) is 17.9. The Bertz CT molecular complexity index is 821. The Morgan fingerprint density at radius 1 is 1.00 bits per heavy atom. The van der Waals surface area contributed by atoms with E-state index in [2.05, 4.69) is 45.2 Å². The number of rotatable bonds is 4. The van der Waals surface area contributed by atoms with Crippen LogP contribution in [0, 0.1) is 0 Å². The van der Waals surface area contributed by atoms with Gasteiger partial charge < -0.3 is 4.90 Å². The number of carbonyl (C=O) groups is 1. The SMILES string of the molecule is O=C(c1cc2n(n1)CCN(Cc1ccccc1)C2)N1CC(N2CCCCC2)C1. The van der Waals surface area contributed by atoms with Crippen LogP contribution in [-0.2, 0) is 19.6 Å². The third-order valence-electron chi connectivity index (χ3n) is 6.40. The number of aromatic nitrogens is 2. The van der Waals surface area contributed by atoms with Crippen molar-refractivity contribution in [1.29, 1.82) is 0 Å². The van der Waals surface area contributed by atoms with E-state index in [-0.39, 0.29) is 5.91 Å². The van der Waals surface area contributed by atoms with Crippen LogP contribution in [0.2, 0.25) is 0 Å². The molecule has 1 aromatic carbocycles. The summed E-state index contributed by atoms with van der Waals surface area (Å²) in [6, 6.07) is 13.1. The lowest BCUT2D eigenvalue weighted by molar-refractivity contribution is 0.0198. The van der Waals surface area contributed by atoms with Crippen LogP contribution in [0.4, 0.5) is 0 Å². The molecule has 28 heavy (non-hydrogen) atoms. The normalized spacial score (nSPS) is 21.4. The number of hydrogen-bond acceptors (Lipinski definition) is 4. The van der Waals surface area contributed by atoms with Crippen LogP contribution in [0.3, 0.4) is 0 Å². The molecule has 0 spiro atoms. The number of nitrogens with zero attached hydrogens (tertiary/aromatic N) is 5. The molecule has 2 fully saturated rings. The Morgan fingerprint density at radius 2 is 1.79 bits per heavy atom. The first-order valence-corrected chi connectivity index (χ1v) is 10.6. The van der Waals surface area contributed by atoms with E-state index in [9.17, 15) is 4.79 Å². The fourth-order valence-corrected chi connectivity index (χ4v) is 4.70. The molecule has 0 atom stereocenters. The van der Waals surface area contributed by atoms with Gasteiger partial charge in [-0.05, 0) is 37.6 Å². The minimum absolute atomic E-state index is 0.102. The zero-order valence-corrected chi connectivity index (χ0v) is 16.5. The maximum Gasteiger partial charge on any atom is 0.274 e. The Morgan fingerprint density at radius 3 is 2.57 bits per heavy atom. The van der Waals surface area contributed by atoms with Crippen LogP contribution >= 0.6 is 0 Å². The monoisotopic (exact) mass is 379 g/mol. The summed E-state index contributed by atoms with van der Waals surface area (Å²) in [6.07, 6.45) is 3.96. The largest absolute Gasteiger partial charge is 0.334 e. The molecular formula is C22H29N5O. The quantitative estimate of drug-likeness (QED) is 0.817. The van der Waals surface area contributed by atoms with Crippen molar-refractivity contribution >= 4 is 5.91 Å². The summed E-state index contributed by atoms with van der Waals surface area (Å²) in [5.41, 5.74) is 3.10. The average Bonchev–Trinajstić information content (AvgIpc) is 3.12. The van der Waals surface area contributed by atoms with Crippen molar-refractivity contribution in [2.24, 2.45) is 0 Å². The van der Waals surface area contributed by atoms with Crippen molar-refractivity contribution in [2.75, 3.05) is 32.7 Å². The summed E-state index contributed by atoms with van der Waals surface area (Å²) in [6.45, 7) is 7.74. The van der Waals surface area contributed by atoms with E-state index in [1.54, 1.807) is 0 Å². The van der Waals surface area contributed by atoms with Crippen LogP contribution < -0.4 is 0 Å². The molecule has 0 aliphatic carbocycles. The van der Waals surface area contributed by atoms with Gasteiger partial charge in [-0.15, -0.1) is 0 Å². The first-order valence-electron chi connectivity index (χ1n) is 10.6. The lowest BCUT2D eigenvalue weighted by Crippen LogP contribution is -2.61. The summed E-state index contributed by atoms with van der Waals surface area (Å²) in [5, 5.41) is 4.62. The van der Waals surface area contributed by atoms with Gasteiger partial charge in [-0.1, -0.05) is 36.8 Å². The highest BCUT2D eigenvalue weighted by Gasteiger charge is 2.36. The summed E-state index contributed by atoms with van der Waals surface area (Å²) in [5.74, 6) is 0.102. The van der Waals surface area contributed by atoms with Gasteiger partial charge in [-0.25, -0.2) is 0 Å². The second kappa shape index (κ2) is 7.68.